The number of aromatic nitrogens is 1. The van der Waals surface area contributed by atoms with E-state index in [4.69, 9.17) is 5.73 Å². The largest absolute Gasteiger partial charge is 0.351 e. The van der Waals surface area contributed by atoms with Crippen molar-refractivity contribution in [3.8, 4) is 11.1 Å². The third-order valence-corrected chi connectivity index (χ3v) is 5.20. The van der Waals surface area contributed by atoms with Crippen LogP contribution in [0.1, 0.15) is 16.9 Å². The summed E-state index contributed by atoms with van der Waals surface area (Å²) in [6.45, 7) is 2.18. The van der Waals surface area contributed by atoms with Gasteiger partial charge in [-0.3, -0.25) is 4.79 Å². The number of aromatic amines is 1. The molecule has 0 bridgehead atoms. The van der Waals surface area contributed by atoms with Crippen LogP contribution < -0.4 is 16.4 Å². The molecule has 0 saturated carbocycles. The molecule has 5 nitrogen and oxygen atoms in total. The van der Waals surface area contributed by atoms with Gasteiger partial charge in [0.15, 0.2) is 0 Å². The van der Waals surface area contributed by atoms with Gasteiger partial charge in [-0.1, -0.05) is 24.3 Å². The van der Waals surface area contributed by atoms with Crippen LogP contribution in [0.25, 0.3) is 22.0 Å². The Labute approximate surface area is 169 Å². The molecular weight excluding hydrogens is 379 g/mol. The smallest absolute Gasteiger partial charge is 0.267 e. The number of nitrogens with two attached hydrogens (primary N) is 1. The van der Waals surface area contributed by atoms with Crippen LogP contribution in [0.2, 0.25) is 0 Å². The summed E-state index contributed by atoms with van der Waals surface area (Å²) in [7, 11) is 0. The Morgan fingerprint density at radius 3 is 2.61 bits per heavy atom. The average Bonchev–Trinajstić information content (AvgIpc) is 3.32. The summed E-state index contributed by atoms with van der Waals surface area (Å²) in [5.41, 5.74) is 9.02. The van der Waals surface area contributed by atoms with Crippen LogP contribution in [0.15, 0.2) is 48.5 Å². The van der Waals surface area contributed by atoms with E-state index in [2.05, 4.69) is 15.6 Å². The van der Waals surface area contributed by atoms with Gasteiger partial charge in [0.2, 0.25) is 0 Å². The molecule has 7 heteroatoms. The van der Waals surface area contributed by atoms with Crippen LogP contribution >= 0.6 is 12.4 Å². The van der Waals surface area contributed by atoms with Crippen LogP contribution in [-0.4, -0.2) is 36.6 Å². The second kappa shape index (κ2) is 8.73. The van der Waals surface area contributed by atoms with Crippen molar-refractivity contribution < 1.29 is 9.18 Å². The van der Waals surface area contributed by atoms with Gasteiger partial charge in [0, 0.05) is 23.5 Å². The van der Waals surface area contributed by atoms with Gasteiger partial charge in [-0.15, -0.1) is 12.4 Å². The summed E-state index contributed by atoms with van der Waals surface area (Å²) < 4.78 is 13.1. The molecule has 0 radical (unpaired) electrons. The Balaban J connectivity index is 0.00000225. The number of halogens is 2. The average molecular weight is 403 g/mol. The number of rotatable bonds is 5. The number of benzene rings is 2. The van der Waals surface area contributed by atoms with Crippen LogP contribution in [0, 0.1) is 11.7 Å². The Kier molecular flexibility index (Phi) is 6.34. The van der Waals surface area contributed by atoms with Gasteiger partial charge in [0.1, 0.15) is 11.5 Å². The molecule has 3 aromatic rings. The van der Waals surface area contributed by atoms with Crippen molar-refractivity contribution >= 4 is 29.2 Å². The van der Waals surface area contributed by atoms with Gasteiger partial charge < -0.3 is 21.4 Å². The number of hydrogen-bond acceptors (Lipinski definition) is 3. The van der Waals surface area contributed by atoms with Crippen molar-refractivity contribution in [3.63, 3.8) is 0 Å². The zero-order chi connectivity index (χ0) is 18.8. The van der Waals surface area contributed by atoms with Crippen LogP contribution in [0.5, 0.6) is 0 Å². The normalized spacial score (nSPS) is 18.8. The SMILES string of the molecule is Cl.NC[C@@H]1CN[C@H](CNC(=O)c2cc3ccc(-c4ccc(F)cc4)cc3[nH]2)C1. The lowest BCUT2D eigenvalue weighted by Gasteiger charge is -2.11. The van der Waals surface area contributed by atoms with Crippen molar-refractivity contribution in [2.75, 3.05) is 19.6 Å². The molecule has 4 rings (SSSR count). The number of amides is 1. The van der Waals surface area contributed by atoms with Crippen molar-refractivity contribution in [3.05, 3.63) is 60.0 Å². The lowest BCUT2D eigenvalue weighted by Crippen LogP contribution is -2.37. The Morgan fingerprint density at radius 1 is 1.14 bits per heavy atom. The summed E-state index contributed by atoms with van der Waals surface area (Å²) in [5.74, 6) is 0.116. The second-order valence-corrected chi connectivity index (χ2v) is 7.14. The number of carbonyl (C=O) groups excluding carboxylic acids is 1. The molecule has 148 valence electrons. The Hall–Kier alpha value is -2.41. The minimum Gasteiger partial charge on any atom is -0.351 e. The molecule has 28 heavy (non-hydrogen) atoms. The van der Waals surface area contributed by atoms with Gasteiger partial charge in [0.05, 0.1) is 0 Å². The standard InChI is InChI=1S/C21H23FN4O.ClH/c22-17-5-3-14(4-6-17)15-1-2-16-9-20(26-19(16)8-15)21(27)25-12-18-7-13(10-23)11-24-18;/h1-6,8-9,13,18,24,26H,7,10-12,23H2,(H,25,27);1H/t13-,18+;/m1./s1. The van der Waals surface area contributed by atoms with E-state index in [-0.39, 0.29) is 30.2 Å². The minimum absolute atomic E-state index is 0. The van der Waals surface area contributed by atoms with E-state index < -0.39 is 0 Å². The molecule has 0 aliphatic carbocycles. The molecular formula is C21H24ClFN4O. The van der Waals surface area contributed by atoms with Gasteiger partial charge in [-0.05, 0) is 60.8 Å². The first-order valence-electron chi connectivity index (χ1n) is 9.23. The van der Waals surface area contributed by atoms with E-state index >= 15 is 0 Å². The molecule has 2 aromatic carbocycles. The summed E-state index contributed by atoms with van der Waals surface area (Å²) in [4.78, 5) is 15.7. The molecule has 1 amide bonds. The van der Waals surface area contributed by atoms with Crippen LogP contribution in [0.3, 0.4) is 0 Å². The predicted octanol–water partition coefficient (Wildman–Crippen LogP) is 3.06. The first-order valence-corrected chi connectivity index (χ1v) is 9.23. The number of fused-ring (bicyclic) bond motifs is 1. The Morgan fingerprint density at radius 2 is 1.89 bits per heavy atom. The van der Waals surface area contributed by atoms with E-state index in [1.807, 2.05) is 24.3 Å². The first-order chi connectivity index (χ1) is 13.1. The second-order valence-electron chi connectivity index (χ2n) is 7.14. The third kappa shape index (κ3) is 4.35. The predicted molar refractivity (Wildman–Crippen MR) is 112 cm³/mol. The summed E-state index contributed by atoms with van der Waals surface area (Å²) in [5, 5.41) is 7.34. The fourth-order valence-electron chi connectivity index (χ4n) is 3.62. The third-order valence-electron chi connectivity index (χ3n) is 5.20. The van der Waals surface area contributed by atoms with Crippen LogP contribution in [-0.2, 0) is 0 Å². The van der Waals surface area contributed by atoms with Crippen molar-refractivity contribution in [2.24, 2.45) is 11.7 Å². The van der Waals surface area contributed by atoms with E-state index in [9.17, 15) is 9.18 Å². The molecule has 0 spiro atoms. The lowest BCUT2D eigenvalue weighted by molar-refractivity contribution is 0.0946. The Bertz CT molecular complexity index is 957. The van der Waals surface area contributed by atoms with E-state index in [1.165, 1.54) is 12.1 Å². The number of nitrogens with one attached hydrogen (secondary N) is 3. The highest BCUT2D eigenvalue weighted by Crippen LogP contribution is 2.25. The lowest BCUT2D eigenvalue weighted by atomic mass is 10.0. The molecule has 2 atom stereocenters. The first kappa shape index (κ1) is 20.3. The summed E-state index contributed by atoms with van der Waals surface area (Å²) in [6, 6.07) is 14.4. The zero-order valence-corrected chi connectivity index (χ0v) is 16.2. The minimum atomic E-state index is -0.256. The quantitative estimate of drug-likeness (QED) is 0.529. The van der Waals surface area contributed by atoms with Crippen molar-refractivity contribution in [2.45, 2.75) is 12.5 Å². The molecule has 1 aliphatic heterocycles. The maximum Gasteiger partial charge on any atom is 0.267 e. The van der Waals surface area contributed by atoms with E-state index in [1.54, 1.807) is 12.1 Å². The zero-order valence-electron chi connectivity index (χ0n) is 15.4. The summed E-state index contributed by atoms with van der Waals surface area (Å²) in [6.07, 6.45) is 0.991. The molecule has 0 unspecified atom stereocenters. The van der Waals surface area contributed by atoms with Crippen molar-refractivity contribution in [1.29, 1.82) is 0 Å². The fraction of sp³-hybridized carbons (Fsp3) is 0.286. The highest BCUT2D eigenvalue weighted by Gasteiger charge is 2.23. The van der Waals surface area contributed by atoms with E-state index in [0.29, 0.717) is 24.7 Å². The maximum absolute atomic E-state index is 13.1. The van der Waals surface area contributed by atoms with Gasteiger partial charge in [-0.25, -0.2) is 4.39 Å². The van der Waals surface area contributed by atoms with Crippen molar-refractivity contribution in [1.82, 2.24) is 15.6 Å². The van der Waals surface area contributed by atoms with Gasteiger partial charge in [-0.2, -0.15) is 0 Å². The fourth-order valence-corrected chi connectivity index (χ4v) is 3.62. The highest BCUT2D eigenvalue weighted by molar-refractivity contribution is 5.98. The van der Waals surface area contributed by atoms with E-state index in [0.717, 1.165) is 35.0 Å². The number of hydrogen-bond donors (Lipinski definition) is 4. The molecule has 1 fully saturated rings. The number of H-pyrrole nitrogens is 1. The molecule has 2 heterocycles. The van der Waals surface area contributed by atoms with Gasteiger partial charge in [0.25, 0.3) is 5.91 Å². The highest BCUT2D eigenvalue weighted by atomic mass is 35.5. The van der Waals surface area contributed by atoms with Gasteiger partial charge >= 0.3 is 0 Å². The maximum atomic E-state index is 13.1. The molecule has 5 N–H and O–H groups in total. The monoisotopic (exact) mass is 402 g/mol. The van der Waals surface area contributed by atoms with Crippen LogP contribution in [0.4, 0.5) is 4.39 Å². The summed E-state index contributed by atoms with van der Waals surface area (Å²) >= 11 is 0. The molecule has 1 aliphatic rings. The topological polar surface area (TPSA) is 82.9 Å². The number of carbonyl (C=O) groups is 1. The molecule has 1 saturated heterocycles. The molecule has 1 aromatic heterocycles.